The van der Waals surface area contributed by atoms with E-state index in [1.54, 1.807) is 18.2 Å². The Balaban J connectivity index is 2.28. The number of amides is 1. The summed E-state index contributed by atoms with van der Waals surface area (Å²) in [5.41, 5.74) is 3.35. The summed E-state index contributed by atoms with van der Waals surface area (Å²) in [6, 6.07) is 11.0. The Morgan fingerprint density at radius 1 is 1.16 bits per heavy atom. The molecular formula is C15H13BrClNO. The SMILES string of the molecule is Cc1cc(Cl)ccc1NC(=O)c1cccc(C)c1Br. The maximum Gasteiger partial charge on any atom is 0.256 e. The van der Waals surface area contributed by atoms with Crippen molar-refractivity contribution in [2.24, 2.45) is 0 Å². The molecule has 2 aromatic rings. The summed E-state index contributed by atoms with van der Waals surface area (Å²) in [7, 11) is 0. The number of aryl methyl sites for hydroxylation is 2. The Hall–Kier alpha value is -1.32. The van der Waals surface area contributed by atoms with Crippen molar-refractivity contribution in [3.05, 3.63) is 62.6 Å². The highest BCUT2D eigenvalue weighted by Crippen LogP contribution is 2.24. The maximum absolute atomic E-state index is 12.3. The molecule has 0 spiro atoms. The molecule has 0 aliphatic heterocycles. The van der Waals surface area contributed by atoms with E-state index in [1.807, 2.05) is 32.0 Å². The van der Waals surface area contributed by atoms with Gasteiger partial charge in [-0.15, -0.1) is 0 Å². The van der Waals surface area contributed by atoms with E-state index in [0.717, 1.165) is 21.3 Å². The lowest BCUT2D eigenvalue weighted by Gasteiger charge is -2.10. The smallest absolute Gasteiger partial charge is 0.256 e. The van der Waals surface area contributed by atoms with Crippen molar-refractivity contribution in [3.63, 3.8) is 0 Å². The van der Waals surface area contributed by atoms with Crippen molar-refractivity contribution < 1.29 is 4.79 Å². The van der Waals surface area contributed by atoms with E-state index in [4.69, 9.17) is 11.6 Å². The maximum atomic E-state index is 12.3. The van der Waals surface area contributed by atoms with Crippen molar-refractivity contribution in [2.45, 2.75) is 13.8 Å². The van der Waals surface area contributed by atoms with Crippen molar-refractivity contribution in [3.8, 4) is 0 Å². The molecule has 1 amide bonds. The van der Waals surface area contributed by atoms with Gasteiger partial charge in [-0.05, 0) is 65.2 Å². The molecule has 0 unspecified atom stereocenters. The molecule has 0 fully saturated rings. The topological polar surface area (TPSA) is 29.1 Å². The number of carbonyl (C=O) groups is 1. The largest absolute Gasteiger partial charge is 0.322 e. The van der Waals surface area contributed by atoms with E-state index in [0.29, 0.717) is 10.6 Å². The number of rotatable bonds is 2. The van der Waals surface area contributed by atoms with Gasteiger partial charge in [-0.25, -0.2) is 0 Å². The molecule has 2 rings (SSSR count). The summed E-state index contributed by atoms with van der Waals surface area (Å²) in [5, 5.41) is 3.55. The first-order chi connectivity index (χ1) is 8.99. The van der Waals surface area contributed by atoms with Crippen LogP contribution in [0, 0.1) is 13.8 Å². The lowest BCUT2D eigenvalue weighted by atomic mass is 10.1. The van der Waals surface area contributed by atoms with Crippen LogP contribution in [0.3, 0.4) is 0 Å². The van der Waals surface area contributed by atoms with Gasteiger partial charge in [-0.2, -0.15) is 0 Å². The zero-order valence-electron chi connectivity index (χ0n) is 10.6. The molecule has 0 atom stereocenters. The van der Waals surface area contributed by atoms with E-state index < -0.39 is 0 Å². The Kier molecular flexibility index (Phi) is 4.27. The molecule has 0 radical (unpaired) electrons. The Bertz CT molecular complexity index is 640. The summed E-state index contributed by atoms with van der Waals surface area (Å²) in [5.74, 6) is -0.138. The van der Waals surface area contributed by atoms with Gasteiger partial charge in [0.2, 0.25) is 0 Å². The second kappa shape index (κ2) is 5.76. The van der Waals surface area contributed by atoms with Gasteiger partial charge in [0.15, 0.2) is 0 Å². The van der Waals surface area contributed by atoms with Gasteiger partial charge < -0.3 is 5.32 Å². The Morgan fingerprint density at radius 3 is 2.58 bits per heavy atom. The fraction of sp³-hybridized carbons (Fsp3) is 0.133. The second-order valence-electron chi connectivity index (χ2n) is 4.35. The number of nitrogens with one attached hydrogen (secondary N) is 1. The molecule has 0 heterocycles. The minimum absolute atomic E-state index is 0.138. The highest BCUT2D eigenvalue weighted by Gasteiger charge is 2.12. The predicted octanol–water partition coefficient (Wildman–Crippen LogP) is 4.97. The summed E-state index contributed by atoms with van der Waals surface area (Å²) >= 11 is 9.34. The third kappa shape index (κ3) is 3.17. The van der Waals surface area contributed by atoms with Crippen LogP contribution in [0.5, 0.6) is 0 Å². The average Bonchev–Trinajstić information content (AvgIpc) is 2.36. The first-order valence-electron chi connectivity index (χ1n) is 5.81. The summed E-state index contributed by atoms with van der Waals surface area (Å²) in [6.45, 7) is 3.86. The number of benzene rings is 2. The van der Waals surface area contributed by atoms with Crippen LogP contribution in [0.15, 0.2) is 40.9 Å². The third-order valence-corrected chi connectivity index (χ3v) is 4.16. The van der Waals surface area contributed by atoms with Gasteiger partial charge in [-0.3, -0.25) is 4.79 Å². The van der Waals surface area contributed by atoms with E-state index >= 15 is 0 Å². The van der Waals surface area contributed by atoms with E-state index in [1.165, 1.54) is 0 Å². The molecule has 0 bridgehead atoms. The van der Waals surface area contributed by atoms with Crippen LogP contribution >= 0.6 is 27.5 Å². The zero-order valence-corrected chi connectivity index (χ0v) is 13.0. The molecule has 0 saturated heterocycles. The normalized spacial score (nSPS) is 10.3. The van der Waals surface area contributed by atoms with Crippen LogP contribution in [0.2, 0.25) is 5.02 Å². The highest BCUT2D eigenvalue weighted by atomic mass is 79.9. The van der Waals surface area contributed by atoms with Crippen LogP contribution in [0.4, 0.5) is 5.69 Å². The first kappa shape index (κ1) is 14.1. The molecule has 98 valence electrons. The lowest BCUT2D eigenvalue weighted by molar-refractivity contribution is 0.102. The van der Waals surface area contributed by atoms with Gasteiger partial charge in [0.05, 0.1) is 5.56 Å². The fourth-order valence-electron chi connectivity index (χ4n) is 1.78. The number of halogens is 2. The number of hydrogen-bond acceptors (Lipinski definition) is 1. The molecule has 0 aliphatic rings. The third-order valence-electron chi connectivity index (χ3n) is 2.87. The molecule has 0 saturated carbocycles. The van der Waals surface area contributed by atoms with Gasteiger partial charge in [0.1, 0.15) is 0 Å². The second-order valence-corrected chi connectivity index (χ2v) is 5.58. The molecule has 0 aliphatic carbocycles. The van der Waals surface area contributed by atoms with Crippen LogP contribution in [-0.2, 0) is 0 Å². The zero-order chi connectivity index (χ0) is 14.0. The van der Waals surface area contributed by atoms with Crippen molar-refractivity contribution in [2.75, 3.05) is 5.32 Å². The van der Waals surface area contributed by atoms with Crippen LogP contribution in [0.1, 0.15) is 21.5 Å². The molecule has 4 heteroatoms. The van der Waals surface area contributed by atoms with Crippen LogP contribution in [0.25, 0.3) is 0 Å². The van der Waals surface area contributed by atoms with Crippen molar-refractivity contribution >= 4 is 39.1 Å². The van der Waals surface area contributed by atoms with Crippen molar-refractivity contribution in [1.82, 2.24) is 0 Å². The molecule has 1 N–H and O–H groups in total. The monoisotopic (exact) mass is 337 g/mol. The van der Waals surface area contributed by atoms with Crippen LogP contribution < -0.4 is 5.32 Å². The van der Waals surface area contributed by atoms with Gasteiger partial charge in [0.25, 0.3) is 5.91 Å². The summed E-state index contributed by atoms with van der Waals surface area (Å²) in [6.07, 6.45) is 0. The molecule has 19 heavy (non-hydrogen) atoms. The van der Waals surface area contributed by atoms with Crippen LogP contribution in [-0.4, -0.2) is 5.91 Å². The Morgan fingerprint density at radius 2 is 1.89 bits per heavy atom. The minimum Gasteiger partial charge on any atom is -0.322 e. The number of hydrogen-bond donors (Lipinski definition) is 1. The van der Waals surface area contributed by atoms with Gasteiger partial charge >= 0.3 is 0 Å². The fourth-order valence-corrected chi connectivity index (χ4v) is 2.45. The summed E-state index contributed by atoms with van der Waals surface area (Å²) < 4.78 is 0.819. The summed E-state index contributed by atoms with van der Waals surface area (Å²) in [4.78, 5) is 12.3. The minimum atomic E-state index is -0.138. The highest BCUT2D eigenvalue weighted by molar-refractivity contribution is 9.10. The van der Waals surface area contributed by atoms with E-state index in [2.05, 4.69) is 21.2 Å². The predicted molar refractivity (Wildman–Crippen MR) is 83.0 cm³/mol. The number of carbonyl (C=O) groups excluding carboxylic acids is 1. The Labute approximate surface area is 125 Å². The number of anilines is 1. The van der Waals surface area contributed by atoms with Gasteiger partial charge in [0, 0.05) is 15.2 Å². The quantitative estimate of drug-likeness (QED) is 0.823. The van der Waals surface area contributed by atoms with Crippen molar-refractivity contribution in [1.29, 1.82) is 0 Å². The van der Waals surface area contributed by atoms with Gasteiger partial charge in [-0.1, -0.05) is 23.7 Å². The molecular weight excluding hydrogens is 326 g/mol. The standard InChI is InChI=1S/C15H13BrClNO/c1-9-4-3-5-12(14(9)16)15(19)18-13-7-6-11(17)8-10(13)2/h3-8H,1-2H3,(H,18,19). The molecule has 0 aromatic heterocycles. The first-order valence-corrected chi connectivity index (χ1v) is 6.99. The van der Waals surface area contributed by atoms with E-state index in [9.17, 15) is 4.79 Å². The van der Waals surface area contributed by atoms with E-state index in [-0.39, 0.29) is 5.91 Å². The molecule has 2 nitrogen and oxygen atoms in total. The lowest BCUT2D eigenvalue weighted by Crippen LogP contribution is -2.13. The molecule has 2 aromatic carbocycles. The average molecular weight is 339 g/mol.